The number of fused-ring (bicyclic) bond motifs is 2. The Kier molecular flexibility index (Phi) is 9.88. The van der Waals surface area contributed by atoms with Gasteiger partial charge in [-0.15, -0.1) is 0 Å². The Bertz CT molecular complexity index is 1430. The molecule has 0 bridgehead atoms. The molecule has 3 atom stereocenters. The van der Waals surface area contributed by atoms with Gasteiger partial charge in [0.25, 0.3) is 5.69 Å². The molecular formula is C30H31NO12. The van der Waals surface area contributed by atoms with E-state index in [2.05, 4.69) is 0 Å². The van der Waals surface area contributed by atoms with Crippen LogP contribution >= 0.6 is 0 Å². The number of rotatable bonds is 9. The molecule has 0 spiro atoms. The van der Waals surface area contributed by atoms with Gasteiger partial charge in [-0.2, -0.15) is 0 Å². The lowest BCUT2D eigenvalue weighted by Crippen LogP contribution is -2.31. The fraction of sp³-hybridized carbons (Fsp3) is 0.333. The number of hydrogen-bond acceptors (Lipinski definition) is 12. The van der Waals surface area contributed by atoms with Gasteiger partial charge >= 0.3 is 6.16 Å². The molecule has 228 valence electrons. The second kappa shape index (κ2) is 13.7. The van der Waals surface area contributed by atoms with Crippen LogP contribution in [0.4, 0.5) is 10.5 Å². The van der Waals surface area contributed by atoms with Crippen molar-refractivity contribution in [3.05, 3.63) is 75.3 Å². The first-order valence-electron chi connectivity index (χ1n) is 13.0. The van der Waals surface area contributed by atoms with Gasteiger partial charge in [0.1, 0.15) is 18.6 Å². The maximum Gasteiger partial charge on any atom is 0.514 e. The normalized spacial score (nSPS) is 17.9. The summed E-state index contributed by atoms with van der Waals surface area (Å²) >= 11 is 0. The lowest BCUT2D eigenvalue weighted by molar-refractivity contribution is -0.384. The number of ether oxygens (including phenoxy) is 8. The van der Waals surface area contributed by atoms with E-state index < -0.39 is 17.2 Å². The lowest BCUT2D eigenvalue weighted by Gasteiger charge is -2.37. The molecule has 0 saturated carbocycles. The average Bonchev–Trinajstić information content (AvgIpc) is 3.49. The summed E-state index contributed by atoms with van der Waals surface area (Å²) in [6.45, 7) is 2.35. The number of benzene rings is 3. The Morgan fingerprint density at radius 2 is 1.53 bits per heavy atom. The SMILES string of the molecule is C=O.COCC1C[C@H](c2cc(OC)c(OC)c(OC)c2)c2cc3c(cc2[C@@H]1OC(=O)Oc1ccc([N+](=O)[O-])cc1)OCO3. The molecule has 2 aliphatic rings. The molecule has 13 heteroatoms. The van der Waals surface area contributed by atoms with Crippen molar-refractivity contribution < 1.29 is 52.4 Å². The summed E-state index contributed by atoms with van der Waals surface area (Å²) in [7, 11) is 6.24. The average molecular weight is 598 g/mol. The van der Waals surface area contributed by atoms with Gasteiger partial charge in [-0.1, -0.05) is 0 Å². The Balaban J connectivity index is 0.00000207. The summed E-state index contributed by atoms with van der Waals surface area (Å²) in [5.74, 6) is 2.27. The maximum atomic E-state index is 13.0. The molecule has 1 unspecified atom stereocenters. The van der Waals surface area contributed by atoms with Gasteiger partial charge in [-0.25, -0.2) is 4.79 Å². The van der Waals surface area contributed by atoms with Crippen LogP contribution in [0.25, 0.3) is 0 Å². The molecule has 3 aromatic rings. The van der Waals surface area contributed by atoms with Gasteiger partial charge in [0.15, 0.2) is 23.0 Å². The van der Waals surface area contributed by atoms with E-state index in [1.807, 2.05) is 31.1 Å². The van der Waals surface area contributed by atoms with E-state index in [4.69, 9.17) is 42.7 Å². The van der Waals surface area contributed by atoms with Gasteiger partial charge in [0.2, 0.25) is 12.5 Å². The number of nitro benzene ring substituents is 1. The minimum absolute atomic E-state index is 0.0717. The number of carbonyl (C=O) groups excluding carboxylic acids is 2. The third kappa shape index (κ3) is 6.41. The number of nitro groups is 1. The van der Waals surface area contributed by atoms with Crippen LogP contribution in [0, 0.1) is 16.0 Å². The van der Waals surface area contributed by atoms with Crippen molar-refractivity contribution in [3.8, 4) is 34.5 Å². The summed E-state index contributed by atoms with van der Waals surface area (Å²) in [5.41, 5.74) is 2.35. The van der Waals surface area contributed by atoms with E-state index in [1.165, 1.54) is 24.3 Å². The molecule has 43 heavy (non-hydrogen) atoms. The fourth-order valence-electron chi connectivity index (χ4n) is 5.34. The van der Waals surface area contributed by atoms with Crippen LogP contribution in [0.5, 0.6) is 34.5 Å². The summed E-state index contributed by atoms with van der Waals surface area (Å²) in [6, 6.07) is 12.7. The minimum Gasteiger partial charge on any atom is -0.493 e. The molecule has 0 amide bonds. The van der Waals surface area contributed by atoms with Gasteiger partial charge in [0, 0.05) is 36.6 Å². The zero-order chi connectivity index (χ0) is 31.1. The van der Waals surface area contributed by atoms with Crippen molar-refractivity contribution in [2.24, 2.45) is 5.92 Å². The molecule has 0 fully saturated rings. The Labute approximate surface area is 247 Å². The molecule has 13 nitrogen and oxygen atoms in total. The predicted molar refractivity (Wildman–Crippen MR) is 151 cm³/mol. The quantitative estimate of drug-likeness (QED) is 0.138. The van der Waals surface area contributed by atoms with Crippen molar-refractivity contribution in [1.29, 1.82) is 0 Å². The van der Waals surface area contributed by atoms with Crippen molar-refractivity contribution in [1.82, 2.24) is 0 Å². The van der Waals surface area contributed by atoms with Crippen molar-refractivity contribution >= 4 is 18.6 Å². The van der Waals surface area contributed by atoms with Crippen LogP contribution in [-0.4, -0.2) is 59.7 Å². The number of methoxy groups -OCH3 is 4. The predicted octanol–water partition coefficient (Wildman–Crippen LogP) is 5.22. The molecular weight excluding hydrogens is 566 g/mol. The highest BCUT2D eigenvalue weighted by molar-refractivity contribution is 5.65. The molecule has 0 N–H and O–H groups in total. The van der Waals surface area contributed by atoms with Crippen molar-refractivity contribution in [2.45, 2.75) is 18.4 Å². The maximum absolute atomic E-state index is 13.0. The summed E-state index contributed by atoms with van der Waals surface area (Å²) in [4.78, 5) is 31.4. The molecule has 0 saturated heterocycles. The molecule has 1 heterocycles. The first-order valence-corrected chi connectivity index (χ1v) is 13.0. The lowest BCUT2D eigenvalue weighted by atomic mass is 9.72. The molecule has 1 aliphatic carbocycles. The highest BCUT2D eigenvalue weighted by Crippen LogP contribution is 2.52. The van der Waals surface area contributed by atoms with Crippen LogP contribution in [0.15, 0.2) is 48.5 Å². The van der Waals surface area contributed by atoms with Gasteiger partial charge in [-0.3, -0.25) is 10.1 Å². The second-order valence-electron chi connectivity index (χ2n) is 9.44. The Hall–Kier alpha value is -5.04. The van der Waals surface area contributed by atoms with Gasteiger partial charge in [0.05, 0.1) is 32.9 Å². The number of hydrogen-bond donors (Lipinski definition) is 0. The minimum atomic E-state index is -0.959. The molecule has 0 aromatic heterocycles. The van der Waals surface area contributed by atoms with Crippen LogP contribution in [0.2, 0.25) is 0 Å². The molecule has 3 aromatic carbocycles. The highest BCUT2D eigenvalue weighted by Gasteiger charge is 2.41. The zero-order valence-corrected chi connectivity index (χ0v) is 24.0. The summed E-state index contributed by atoms with van der Waals surface area (Å²) in [6.07, 6.45) is -1.17. The van der Waals surface area contributed by atoms with Crippen molar-refractivity contribution in [2.75, 3.05) is 41.8 Å². The summed E-state index contributed by atoms with van der Waals surface area (Å²) in [5, 5.41) is 10.9. The van der Waals surface area contributed by atoms with E-state index in [0.717, 1.165) is 11.1 Å². The van der Waals surface area contributed by atoms with E-state index >= 15 is 0 Å². The van der Waals surface area contributed by atoms with Crippen LogP contribution in [0.1, 0.15) is 35.1 Å². The largest absolute Gasteiger partial charge is 0.514 e. The van der Waals surface area contributed by atoms with Gasteiger partial charge < -0.3 is 42.7 Å². The Morgan fingerprint density at radius 1 is 0.930 bits per heavy atom. The fourth-order valence-corrected chi connectivity index (χ4v) is 5.34. The second-order valence-corrected chi connectivity index (χ2v) is 9.44. The third-order valence-electron chi connectivity index (χ3n) is 7.17. The number of non-ortho nitro benzene ring substituents is 1. The van der Waals surface area contributed by atoms with Crippen molar-refractivity contribution in [3.63, 3.8) is 0 Å². The van der Waals surface area contributed by atoms with Gasteiger partial charge in [-0.05, 0) is 53.9 Å². The molecule has 1 aliphatic heterocycles. The number of nitrogens with zero attached hydrogens (tertiary/aromatic N) is 1. The van der Waals surface area contributed by atoms with E-state index in [-0.39, 0.29) is 36.7 Å². The van der Waals surface area contributed by atoms with Crippen LogP contribution in [-0.2, 0) is 14.3 Å². The zero-order valence-electron chi connectivity index (χ0n) is 24.0. The van der Waals surface area contributed by atoms with E-state index in [1.54, 1.807) is 28.4 Å². The van der Waals surface area contributed by atoms with Crippen LogP contribution in [0.3, 0.4) is 0 Å². The first kappa shape index (κ1) is 30.9. The first-order chi connectivity index (χ1) is 20.9. The smallest absolute Gasteiger partial charge is 0.493 e. The molecule has 5 rings (SSSR count). The third-order valence-corrected chi connectivity index (χ3v) is 7.17. The van der Waals surface area contributed by atoms with Crippen LogP contribution < -0.4 is 28.4 Å². The monoisotopic (exact) mass is 597 g/mol. The van der Waals surface area contributed by atoms with E-state index in [0.29, 0.717) is 40.7 Å². The Morgan fingerprint density at radius 3 is 2.07 bits per heavy atom. The number of carbonyl (C=O) groups is 2. The summed E-state index contributed by atoms with van der Waals surface area (Å²) < 4.78 is 44.8. The highest BCUT2D eigenvalue weighted by atomic mass is 16.7. The van der Waals surface area contributed by atoms with E-state index in [9.17, 15) is 14.9 Å². The topological polar surface area (TPSA) is 151 Å². The molecule has 0 radical (unpaired) electrons. The standard InChI is InChI=1S/C29H29NO11.CH2O/c1-34-14-17-9-20(16-10-25(35-2)28(37-4)26(11-16)36-3)21-12-23-24(39-15-38-23)13-22(21)27(17)41-29(31)40-19-7-5-18(6-8-19)30(32)33;1-2/h5-8,10-13,17,20,27H,9,14-15H2,1-4H3;1H2/t17?,20-,27-;/m1./s1.